The minimum Gasteiger partial charge on any atom is -0.366 e. The SMILES string of the molecule is NC(=O)c1ccccc1C(=O)/C=C/c1ccccc1. The first-order valence-electron chi connectivity index (χ1n) is 5.85. The van der Waals surface area contributed by atoms with Crippen molar-refractivity contribution in [2.24, 2.45) is 5.73 Å². The van der Waals surface area contributed by atoms with E-state index in [2.05, 4.69) is 0 Å². The normalized spacial score (nSPS) is 10.5. The molecule has 0 aliphatic heterocycles. The van der Waals surface area contributed by atoms with Crippen molar-refractivity contribution in [2.45, 2.75) is 0 Å². The first kappa shape index (κ1) is 12.8. The summed E-state index contributed by atoms with van der Waals surface area (Å²) < 4.78 is 0. The number of nitrogens with two attached hydrogens (primary N) is 1. The van der Waals surface area contributed by atoms with Gasteiger partial charge in [0, 0.05) is 5.56 Å². The average Bonchev–Trinajstić information content (AvgIpc) is 2.46. The first-order chi connectivity index (χ1) is 9.18. The number of amides is 1. The van der Waals surface area contributed by atoms with Gasteiger partial charge in [-0.1, -0.05) is 54.6 Å². The zero-order valence-corrected chi connectivity index (χ0v) is 10.2. The molecule has 0 unspecified atom stereocenters. The summed E-state index contributed by atoms with van der Waals surface area (Å²) in [6.45, 7) is 0. The first-order valence-corrected chi connectivity index (χ1v) is 5.85. The molecule has 0 saturated heterocycles. The van der Waals surface area contributed by atoms with Crippen LogP contribution in [0.25, 0.3) is 6.08 Å². The molecule has 1 amide bonds. The number of allylic oxidation sites excluding steroid dienone is 1. The summed E-state index contributed by atoms with van der Waals surface area (Å²) >= 11 is 0. The Morgan fingerprint density at radius 1 is 0.842 bits per heavy atom. The Kier molecular flexibility index (Phi) is 3.88. The molecule has 2 rings (SSSR count). The molecule has 0 aliphatic carbocycles. The molecule has 0 fully saturated rings. The van der Waals surface area contributed by atoms with Crippen LogP contribution < -0.4 is 5.73 Å². The standard InChI is InChI=1S/C16H13NO2/c17-16(19)14-9-5-4-8-13(14)15(18)11-10-12-6-2-1-3-7-12/h1-11H,(H2,17,19)/b11-10+. The number of ketones is 1. The Morgan fingerprint density at radius 2 is 1.42 bits per heavy atom. The number of hydrogen-bond donors (Lipinski definition) is 1. The average molecular weight is 251 g/mol. The van der Waals surface area contributed by atoms with Crippen LogP contribution in [0.3, 0.4) is 0 Å². The molecule has 94 valence electrons. The van der Waals surface area contributed by atoms with E-state index in [1.807, 2.05) is 30.3 Å². The lowest BCUT2D eigenvalue weighted by Crippen LogP contribution is -2.15. The quantitative estimate of drug-likeness (QED) is 0.670. The second-order valence-corrected chi connectivity index (χ2v) is 4.02. The van der Waals surface area contributed by atoms with Crippen LogP contribution in [0.1, 0.15) is 26.3 Å². The molecule has 0 bridgehead atoms. The van der Waals surface area contributed by atoms with E-state index in [1.54, 1.807) is 30.3 Å². The molecule has 3 heteroatoms. The fraction of sp³-hybridized carbons (Fsp3) is 0. The molecule has 3 nitrogen and oxygen atoms in total. The Morgan fingerprint density at radius 3 is 2.05 bits per heavy atom. The third kappa shape index (κ3) is 3.16. The van der Waals surface area contributed by atoms with Crippen LogP contribution in [0.2, 0.25) is 0 Å². The molecule has 19 heavy (non-hydrogen) atoms. The van der Waals surface area contributed by atoms with Crippen LogP contribution in [0, 0.1) is 0 Å². The summed E-state index contributed by atoms with van der Waals surface area (Å²) in [5, 5.41) is 0. The largest absolute Gasteiger partial charge is 0.366 e. The maximum absolute atomic E-state index is 12.0. The highest BCUT2D eigenvalue weighted by molar-refractivity contribution is 6.13. The Bertz CT molecular complexity index is 630. The summed E-state index contributed by atoms with van der Waals surface area (Å²) in [5.74, 6) is -0.838. The number of carbonyl (C=O) groups excluding carboxylic acids is 2. The molecule has 0 atom stereocenters. The van der Waals surface area contributed by atoms with Crippen LogP contribution in [-0.4, -0.2) is 11.7 Å². The summed E-state index contributed by atoms with van der Waals surface area (Å²) in [5.41, 5.74) is 6.73. The van der Waals surface area contributed by atoms with E-state index in [9.17, 15) is 9.59 Å². The van der Waals surface area contributed by atoms with Gasteiger partial charge in [-0.3, -0.25) is 9.59 Å². The molecule has 0 heterocycles. The molecule has 0 aliphatic rings. The fourth-order valence-corrected chi connectivity index (χ4v) is 1.74. The molecule has 0 spiro atoms. The third-order valence-electron chi connectivity index (χ3n) is 2.68. The van der Waals surface area contributed by atoms with Gasteiger partial charge in [-0.05, 0) is 17.7 Å². The number of hydrogen-bond acceptors (Lipinski definition) is 2. The maximum Gasteiger partial charge on any atom is 0.249 e. The van der Waals surface area contributed by atoms with Crippen molar-refractivity contribution in [3.63, 3.8) is 0 Å². The van der Waals surface area contributed by atoms with Crippen molar-refractivity contribution in [1.29, 1.82) is 0 Å². The van der Waals surface area contributed by atoms with Gasteiger partial charge in [0.1, 0.15) is 0 Å². The molecule has 0 radical (unpaired) electrons. The summed E-state index contributed by atoms with van der Waals surface area (Å²) in [6.07, 6.45) is 3.15. The van der Waals surface area contributed by atoms with Crippen molar-refractivity contribution < 1.29 is 9.59 Å². The Balaban J connectivity index is 2.26. The number of primary amides is 1. The zero-order chi connectivity index (χ0) is 13.7. The lowest BCUT2D eigenvalue weighted by Gasteiger charge is -2.02. The molecule has 2 N–H and O–H groups in total. The van der Waals surface area contributed by atoms with Crippen LogP contribution in [0.5, 0.6) is 0 Å². The minimum absolute atomic E-state index is 0.238. The monoisotopic (exact) mass is 251 g/mol. The topological polar surface area (TPSA) is 60.2 Å². The van der Waals surface area contributed by atoms with Crippen LogP contribution in [-0.2, 0) is 0 Å². The van der Waals surface area contributed by atoms with Gasteiger partial charge in [0.15, 0.2) is 5.78 Å². The van der Waals surface area contributed by atoms with Gasteiger partial charge in [0.25, 0.3) is 0 Å². The Hall–Kier alpha value is -2.68. The van der Waals surface area contributed by atoms with Gasteiger partial charge in [0.2, 0.25) is 5.91 Å². The van der Waals surface area contributed by atoms with E-state index in [4.69, 9.17) is 5.73 Å². The van der Waals surface area contributed by atoms with Gasteiger partial charge in [0.05, 0.1) is 5.56 Å². The highest BCUT2D eigenvalue weighted by Crippen LogP contribution is 2.11. The van der Waals surface area contributed by atoms with E-state index < -0.39 is 5.91 Å². The van der Waals surface area contributed by atoms with Crippen LogP contribution in [0.15, 0.2) is 60.7 Å². The summed E-state index contributed by atoms with van der Waals surface area (Å²) in [6, 6.07) is 16.0. The van der Waals surface area contributed by atoms with Gasteiger partial charge in [-0.2, -0.15) is 0 Å². The number of carbonyl (C=O) groups is 2. The summed E-state index contributed by atoms with van der Waals surface area (Å²) in [7, 11) is 0. The smallest absolute Gasteiger partial charge is 0.249 e. The fourth-order valence-electron chi connectivity index (χ4n) is 1.74. The highest BCUT2D eigenvalue weighted by atomic mass is 16.1. The summed E-state index contributed by atoms with van der Waals surface area (Å²) in [4.78, 5) is 23.3. The molecular formula is C16H13NO2. The van der Waals surface area contributed by atoms with E-state index in [-0.39, 0.29) is 11.3 Å². The predicted octanol–water partition coefficient (Wildman–Crippen LogP) is 2.68. The van der Waals surface area contributed by atoms with Crippen molar-refractivity contribution in [1.82, 2.24) is 0 Å². The van der Waals surface area contributed by atoms with Gasteiger partial charge < -0.3 is 5.73 Å². The van der Waals surface area contributed by atoms with Crippen molar-refractivity contribution in [3.8, 4) is 0 Å². The Labute approximate surface area is 111 Å². The number of benzene rings is 2. The highest BCUT2D eigenvalue weighted by Gasteiger charge is 2.11. The minimum atomic E-state index is -0.600. The van der Waals surface area contributed by atoms with E-state index in [0.717, 1.165) is 5.56 Å². The van der Waals surface area contributed by atoms with E-state index in [1.165, 1.54) is 6.08 Å². The van der Waals surface area contributed by atoms with Crippen molar-refractivity contribution >= 4 is 17.8 Å². The second-order valence-electron chi connectivity index (χ2n) is 4.02. The van der Waals surface area contributed by atoms with Crippen molar-refractivity contribution in [2.75, 3.05) is 0 Å². The van der Waals surface area contributed by atoms with Crippen molar-refractivity contribution in [3.05, 3.63) is 77.4 Å². The molecule has 2 aromatic rings. The molecular weight excluding hydrogens is 238 g/mol. The third-order valence-corrected chi connectivity index (χ3v) is 2.68. The number of rotatable bonds is 4. The van der Waals surface area contributed by atoms with Crippen LogP contribution >= 0.6 is 0 Å². The molecule has 0 saturated carbocycles. The van der Waals surface area contributed by atoms with Gasteiger partial charge in [-0.25, -0.2) is 0 Å². The lowest BCUT2D eigenvalue weighted by molar-refractivity contribution is 0.0983. The molecule has 0 aromatic heterocycles. The zero-order valence-electron chi connectivity index (χ0n) is 10.2. The van der Waals surface area contributed by atoms with E-state index in [0.29, 0.717) is 5.56 Å². The second kappa shape index (κ2) is 5.78. The van der Waals surface area contributed by atoms with Gasteiger partial charge >= 0.3 is 0 Å². The predicted molar refractivity (Wildman–Crippen MR) is 74.8 cm³/mol. The van der Waals surface area contributed by atoms with Crippen LogP contribution in [0.4, 0.5) is 0 Å². The maximum atomic E-state index is 12.0. The molecule has 2 aromatic carbocycles. The lowest BCUT2D eigenvalue weighted by atomic mass is 10.0. The van der Waals surface area contributed by atoms with Gasteiger partial charge in [-0.15, -0.1) is 0 Å². The van der Waals surface area contributed by atoms with E-state index >= 15 is 0 Å².